The number of ether oxygens (including phenoxy) is 1. The van der Waals surface area contributed by atoms with Gasteiger partial charge in [-0.25, -0.2) is 0 Å². The van der Waals surface area contributed by atoms with Gasteiger partial charge < -0.3 is 10.1 Å². The van der Waals surface area contributed by atoms with E-state index in [1.807, 2.05) is 33.0 Å². The summed E-state index contributed by atoms with van der Waals surface area (Å²) in [5, 5.41) is 4.38. The molecule has 2 nitrogen and oxygen atoms in total. The highest BCUT2D eigenvalue weighted by atomic mass is 35.5. The fourth-order valence-corrected chi connectivity index (χ4v) is 2.04. The molecule has 0 aliphatic rings. The van der Waals surface area contributed by atoms with Gasteiger partial charge in [0.2, 0.25) is 0 Å². The molecule has 0 aliphatic heterocycles. The van der Waals surface area contributed by atoms with Crippen LogP contribution in [-0.2, 0) is 4.74 Å². The summed E-state index contributed by atoms with van der Waals surface area (Å²) in [6.45, 7) is 4.73. The Morgan fingerprint density at radius 2 is 2.00 bits per heavy atom. The highest BCUT2D eigenvalue weighted by Crippen LogP contribution is 2.28. The summed E-state index contributed by atoms with van der Waals surface area (Å²) in [4.78, 5) is 0. The van der Waals surface area contributed by atoms with Gasteiger partial charge in [-0.3, -0.25) is 0 Å². The van der Waals surface area contributed by atoms with E-state index in [4.69, 9.17) is 27.9 Å². The molecule has 0 spiro atoms. The van der Waals surface area contributed by atoms with Gasteiger partial charge in [-0.05, 0) is 33.0 Å². The third-order valence-corrected chi connectivity index (χ3v) is 2.70. The number of hydrogen-bond acceptors (Lipinski definition) is 2. The van der Waals surface area contributed by atoms with E-state index in [0.717, 1.165) is 12.1 Å². The Labute approximate surface area is 107 Å². The van der Waals surface area contributed by atoms with Crippen LogP contribution >= 0.6 is 23.2 Å². The monoisotopic (exact) mass is 261 g/mol. The molecule has 1 aromatic carbocycles. The third kappa shape index (κ3) is 3.95. The van der Waals surface area contributed by atoms with E-state index in [1.165, 1.54) is 0 Å². The summed E-state index contributed by atoms with van der Waals surface area (Å²) >= 11 is 12.0. The summed E-state index contributed by atoms with van der Waals surface area (Å²) in [6.07, 6.45) is 0.111. The van der Waals surface area contributed by atoms with Gasteiger partial charge in [0.15, 0.2) is 0 Å². The van der Waals surface area contributed by atoms with Crippen LogP contribution in [-0.4, -0.2) is 19.7 Å². The average molecular weight is 262 g/mol. The summed E-state index contributed by atoms with van der Waals surface area (Å²) in [5.74, 6) is 0. The fourth-order valence-electron chi connectivity index (χ4n) is 1.51. The zero-order valence-corrected chi connectivity index (χ0v) is 11.3. The number of nitrogens with one attached hydrogen (secondary N) is 1. The van der Waals surface area contributed by atoms with Gasteiger partial charge in [-0.15, -0.1) is 0 Å². The smallest absolute Gasteiger partial charge is 0.0966 e. The van der Waals surface area contributed by atoms with Gasteiger partial charge in [-0.1, -0.05) is 29.3 Å². The molecular weight excluding hydrogens is 245 g/mol. The molecule has 0 aromatic heterocycles. The van der Waals surface area contributed by atoms with Crippen LogP contribution in [0.15, 0.2) is 18.2 Å². The molecule has 0 saturated heterocycles. The van der Waals surface area contributed by atoms with Gasteiger partial charge in [-0.2, -0.15) is 0 Å². The first-order chi connectivity index (χ1) is 7.54. The number of halogens is 2. The quantitative estimate of drug-likeness (QED) is 0.874. The molecule has 1 rings (SSSR count). The molecule has 4 heteroatoms. The maximum Gasteiger partial charge on any atom is 0.0966 e. The van der Waals surface area contributed by atoms with Crippen LogP contribution in [0.1, 0.15) is 25.5 Å². The van der Waals surface area contributed by atoms with Crippen LogP contribution in [0.3, 0.4) is 0 Å². The van der Waals surface area contributed by atoms with Crippen LogP contribution < -0.4 is 5.32 Å². The summed E-state index contributed by atoms with van der Waals surface area (Å²) in [6, 6.07) is 5.48. The van der Waals surface area contributed by atoms with Gasteiger partial charge in [0.25, 0.3) is 0 Å². The molecule has 90 valence electrons. The van der Waals surface area contributed by atoms with E-state index >= 15 is 0 Å². The van der Waals surface area contributed by atoms with Crippen molar-refractivity contribution in [2.75, 3.05) is 13.6 Å². The van der Waals surface area contributed by atoms with Crippen molar-refractivity contribution in [1.29, 1.82) is 0 Å². The first-order valence-electron chi connectivity index (χ1n) is 5.29. The van der Waals surface area contributed by atoms with E-state index < -0.39 is 0 Å². The number of hydrogen-bond donors (Lipinski definition) is 1. The molecule has 1 atom stereocenters. The van der Waals surface area contributed by atoms with Crippen molar-refractivity contribution >= 4 is 23.2 Å². The van der Waals surface area contributed by atoms with Gasteiger partial charge >= 0.3 is 0 Å². The highest BCUT2D eigenvalue weighted by Gasteiger charge is 2.16. The van der Waals surface area contributed by atoms with Gasteiger partial charge in [0.05, 0.1) is 12.2 Å². The van der Waals surface area contributed by atoms with Crippen molar-refractivity contribution in [3.05, 3.63) is 33.8 Å². The van der Waals surface area contributed by atoms with Crippen molar-refractivity contribution in [3.63, 3.8) is 0 Å². The molecule has 0 bridgehead atoms. The molecule has 16 heavy (non-hydrogen) atoms. The molecular formula is C12H17Cl2NO. The second-order valence-corrected chi connectivity index (χ2v) is 4.74. The molecule has 0 amide bonds. The lowest BCUT2D eigenvalue weighted by atomic mass is 10.1. The third-order valence-electron chi connectivity index (χ3n) is 2.14. The van der Waals surface area contributed by atoms with E-state index in [1.54, 1.807) is 6.07 Å². The Balaban J connectivity index is 2.91. The second kappa shape index (κ2) is 6.45. The second-order valence-electron chi connectivity index (χ2n) is 3.90. The number of likely N-dealkylation sites (N-methyl/N-ethyl adjacent to an activating group) is 1. The zero-order chi connectivity index (χ0) is 12.1. The molecule has 1 unspecified atom stereocenters. The zero-order valence-electron chi connectivity index (χ0n) is 9.76. The Morgan fingerprint density at radius 3 is 2.50 bits per heavy atom. The summed E-state index contributed by atoms with van der Waals surface area (Å²) in [5.41, 5.74) is 0.967. The first kappa shape index (κ1) is 13.8. The lowest BCUT2D eigenvalue weighted by molar-refractivity contribution is 0.00820. The molecule has 0 radical (unpaired) electrons. The summed E-state index contributed by atoms with van der Waals surface area (Å²) in [7, 11) is 1.89. The van der Waals surface area contributed by atoms with E-state index in [-0.39, 0.29) is 12.2 Å². The predicted molar refractivity (Wildman–Crippen MR) is 69.4 cm³/mol. The molecule has 0 fully saturated rings. The van der Waals surface area contributed by atoms with E-state index in [2.05, 4.69) is 5.32 Å². The fraction of sp³-hybridized carbons (Fsp3) is 0.500. The Kier molecular flexibility index (Phi) is 5.56. The molecule has 1 N–H and O–H groups in total. The van der Waals surface area contributed by atoms with Crippen molar-refractivity contribution < 1.29 is 4.74 Å². The summed E-state index contributed by atoms with van der Waals surface area (Å²) < 4.78 is 5.81. The minimum atomic E-state index is -0.0465. The maximum absolute atomic E-state index is 6.15. The van der Waals surface area contributed by atoms with Crippen LogP contribution in [0.2, 0.25) is 10.0 Å². The van der Waals surface area contributed by atoms with E-state index in [9.17, 15) is 0 Å². The lowest BCUT2D eigenvalue weighted by Crippen LogP contribution is -2.22. The topological polar surface area (TPSA) is 21.3 Å². The molecule has 0 aliphatic carbocycles. The van der Waals surface area contributed by atoms with Crippen LogP contribution in [0.25, 0.3) is 0 Å². The van der Waals surface area contributed by atoms with Gasteiger partial charge in [0.1, 0.15) is 0 Å². The standard InChI is InChI=1S/C12H17Cl2NO/c1-8(2)16-12(7-15-3)10-5-4-9(13)6-11(10)14/h4-6,8,12,15H,7H2,1-3H3. The SMILES string of the molecule is CNCC(OC(C)C)c1ccc(Cl)cc1Cl. The molecule has 0 heterocycles. The number of rotatable bonds is 5. The minimum Gasteiger partial charge on any atom is -0.369 e. The average Bonchev–Trinajstić information content (AvgIpc) is 2.16. The van der Waals surface area contributed by atoms with Crippen LogP contribution in [0.5, 0.6) is 0 Å². The number of benzene rings is 1. The van der Waals surface area contributed by atoms with Crippen molar-refractivity contribution in [2.24, 2.45) is 0 Å². The van der Waals surface area contributed by atoms with Crippen molar-refractivity contribution in [1.82, 2.24) is 5.32 Å². The normalized spacial score (nSPS) is 13.1. The van der Waals surface area contributed by atoms with Crippen LogP contribution in [0, 0.1) is 0 Å². The molecule has 1 aromatic rings. The van der Waals surface area contributed by atoms with Crippen molar-refractivity contribution in [3.8, 4) is 0 Å². The predicted octanol–water partition coefficient (Wildman–Crippen LogP) is 3.68. The highest BCUT2D eigenvalue weighted by molar-refractivity contribution is 6.35. The lowest BCUT2D eigenvalue weighted by Gasteiger charge is -2.21. The van der Waals surface area contributed by atoms with Crippen LogP contribution in [0.4, 0.5) is 0 Å². The van der Waals surface area contributed by atoms with Gasteiger partial charge in [0, 0.05) is 22.2 Å². The Hall–Kier alpha value is -0.280. The van der Waals surface area contributed by atoms with Crippen molar-refractivity contribution in [2.45, 2.75) is 26.1 Å². The minimum absolute atomic E-state index is 0.0465. The Morgan fingerprint density at radius 1 is 1.31 bits per heavy atom. The maximum atomic E-state index is 6.15. The Bertz CT molecular complexity index is 342. The molecule has 0 saturated carbocycles. The largest absolute Gasteiger partial charge is 0.369 e. The first-order valence-corrected chi connectivity index (χ1v) is 6.05. The van der Waals surface area contributed by atoms with E-state index in [0.29, 0.717) is 10.0 Å².